The van der Waals surface area contributed by atoms with E-state index in [1.165, 1.54) is 13.2 Å². The lowest BCUT2D eigenvalue weighted by atomic mass is 10.0. The number of hydrogen-bond acceptors (Lipinski definition) is 4. The quantitative estimate of drug-likeness (QED) is 0.739. The number of amides is 1. The van der Waals surface area contributed by atoms with Crippen molar-refractivity contribution >= 4 is 5.91 Å². The van der Waals surface area contributed by atoms with E-state index in [4.69, 9.17) is 4.74 Å². The minimum atomic E-state index is -0.954. The number of carbonyl (C=O) groups excluding carboxylic acids is 1. The number of ether oxygens (including phenoxy) is 1. The Kier molecular flexibility index (Phi) is 4.55. The summed E-state index contributed by atoms with van der Waals surface area (Å²) in [6.45, 7) is 3.59. The summed E-state index contributed by atoms with van der Waals surface area (Å²) in [4.78, 5) is 11.9. The molecule has 1 rings (SSSR count). The van der Waals surface area contributed by atoms with E-state index in [2.05, 4.69) is 5.32 Å². The molecular formula is C13H19NO4. The van der Waals surface area contributed by atoms with Crippen LogP contribution in [-0.2, 0) is 0 Å². The van der Waals surface area contributed by atoms with Gasteiger partial charge in [0.05, 0.1) is 18.3 Å². The van der Waals surface area contributed by atoms with Crippen molar-refractivity contribution in [3.05, 3.63) is 23.8 Å². The van der Waals surface area contributed by atoms with E-state index < -0.39 is 11.5 Å². The summed E-state index contributed by atoms with van der Waals surface area (Å²) < 4.78 is 4.92. The Morgan fingerprint density at radius 3 is 2.72 bits per heavy atom. The molecule has 1 aromatic rings. The number of aliphatic hydroxyl groups is 1. The van der Waals surface area contributed by atoms with Crippen molar-refractivity contribution in [3.8, 4) is 11.5 Å². The average Bonchev–Trinajstić information content (AvgIpc) is 2.36. The second kappa shape index (κ2) is 5.73. The van der Waals surface area contributed by atoms with Gasteiger partial charge in [0.15, 0.2) is 11.5 Å². The third-order valence-corrected chi connectivity index (χ3v) is 2.85. The third-order valence-electron chi connectivity index (χ3n) is 2.85. The molecule has 0 saturated heterocycles. The van der Waals surface area contributed by atoms with Gasteiger partial charge in [0.2, 0.25) is 0 Å². The number of hydrogen-bond donors (Lipinski definition) is 3. The molecule has 1 aromatic carbocycles. The van der Waals surface area contributed by atoms with Crippen molar-refractivity contribution in [3.63, 3.8) is 0 Å². The fourth-order valence-electron chi connectivity index (χ4n) is 1.36. The van der Waals surface area contributed by atoms with Crippen LogP contribution in [0.3, 0.4) is 0 Å². The first-order chi connectivity index (χ1) is 8.41. The molecule has 1 atom stereocenters. The third kappa shape index (κ3) is 3.37. The van der Waals surface area contributed by atoms with Gasteiger partial charge in [-0.1, -0.05) is 13.0 Å². The maximum atomic E-state index is 11.9. The highest BCUT2D eigenvalue weighted by Gasteiger charge is 2.20. The van der Waals surface area contributed by atoms with Gasteiger partial charge in [-0.15, -0.1) is 0 Å². The van der Waals surface area contributed by atoms with Gasteiger partial charge in [-0.3, -0.25) is 4.79 Å². The van der Waals surface area contributed by atoms with Crippen LogP contribution >= 0.6 is 0 Å². The molecular weight excluding hydrogens is 234 g/mol. The summed E-state index contributed by atoms with van der Waals surface area (Å²) in [7, 11) is 1.42. The molecule has 0 aromatic heterocycles. The van der Waals surface area contributed by atoms with Crippen LogP contribution in [0.5, 0.6) is 11.5 Å². The number of benzene rings is 1. The highest BCUT2D eigenvalue weighted by molar-refractivity contribution is 5.97. The highest BCUT2D eigenvalue weighted by Crippen LogP contribution is 2.29. The first kappa shape index (κ1) is 14.3. The maximum Gasteiger partial charge on any atom is 0.255 e. The van der Waals surface area contributed by atoms with Crippen molar-refractivity contribution in [1.29, 1.82) is 0 Å². The molecule has 0 bridgehead atoms. The summed E-state index contributed by atoms with van der Waals surface area (Å²) in [5, 5.41) is 22.2. The van der Waals surface area contributed by atoms with Crippen LogP contribution in [0.1, 0.15) is 30.6 Å². The van der Waals surface area contributed by atoms with Crippen LogP contribution in [-0.4, -0.2) is 35.4 Å². The maximum absolute atomic E-state index is 11.9. The Morgan fingerprint density at radius 1 is 1.50 bits per heavy atom. The number of rotatable bonds is 5. The topological polar surface area (TPSA) is 78.8 Å². The molecule has 0 saturated carbocycles. The van der Waals surface area contributed by atoms with Crippen LogP contribution in [0.2, 0.25) is 0 Å². The molecule has 1 unspecified atom stereocenters. The molecule has 1 amide bonds. The van der Waals surface area contributed by atoms with Crippen LogP contribution in [0.4, 0.5) is 0 Å². The van der Waals surface area contributed by atoms with Crippen molar-refractivity contribution in [2.75, 3.05) is 13.7 Å². The van der Waals surface area contributed by atoms with Gasteiger partial charge in [-0.2, -0.15) is 0 Å². The Morgan fingerprint density at radius 2 is 2.17 bits per heavy atom. The largest absolute Gasteiger partial charge is 0.504 e. The lowest BCUT2D eigenvalue weighted by Gasteiger charge is -2.21. The summed E-state index contributed by atoms with van der Waals surface area (Å²) in [6.07, 6.45) is 0.525. The highest BCUT2D eigenvalue weighted by atomic mass is 16.5. The van der Waals surface area contributed by atoms with E-state index in [1.54, 1.807) is 19.1 Å². The molecule has 0 aliphatic rings. The Bertz CT molecular complexity index is 429. The van der Waals surface area contributed by atoms with E-state index in [-0.39, 0.29) is 23.6 Å². The molecule has 0 heterocycles. The Hall–Kier alpha value is -1.75. The van der Waals surface area contributed by atoms with Gasteiger partial charge in [-0.05, 0) is 25.5 Å². The summed E-state index contributed by atoms with van der Waals surface area (Å²) in [5.41, 5.74) is -0.828. The smallest absolute Gasteiger partial charge is 0.255 e. The molecule has 5 heteroatoms. The molecule has 18 heavy (non-hydrogen) atoms. The zero-order valence-corrected chi connectivity index (χ0v) is 10.9. The lowest BCUT2D eigenvalue weighted by Crippen LogP contribution is -2.40. The minimum absolute atomic E-state index is 0.124. The van der Waals surface area contributed by atoms with Gasteiger partial charge < -0.3 is 20.3 Å². The van der Waals surface area contributed by atoms with Gasteiger partial charge in [0.25, 0.3) is 5.91 Å². The van der Waals surface area contributed by atoms with Gasteiger partial charge in [0, 0.05) is 6.54 Å². The number of methoxy groups -OCH3 is 1. The molecule has 3 N–H and O–H groups in total. The molecule has 0 spiro atoms. The van der Waals surface area contributed by atoms with E-state index >= 15 is 0 Å². The summed E-state index contributed by atoms with van der Waals surface area (Å²) in [5.74, 6) is -0.404. The average molecular weight is 253 g/mol. The lowest BCUT2D eigenvalue weighted by molar-refractivity contribution is 0.0517. The fraction of sp³-hybridized carbons (Fsp3) is 0.462. The molecule has 0 aliphatic heterocycles. The number of aromatic hydroxyl groups is 1. The summed E-state index contributed by atoms with van der Waals surface area (Å²) in [6, 6.07) is 4.67. The standard InChI is InChI=1S/C13H19NO4/c1-4-13(2,17)8-14-12(16)9-6-5-7-10(18-3)11(9)15/h5-7,15,17H,4,8H2,1-3H3,(H,14,16). The van der Waals surface area contributed by atoms with Crippen molar-refractivity contribution in [2.24, 2.45) is 0 Å². The van der Waals surface area contributed by atoms with Crippen LogP contribution in [0.25, 0.3) is 0 Å². The number of carbonyl (C=O) groups is 1. The minimum Gasteiger partial charge on any atom is -0.504 e. The Balaban J connectivity index is 2.79. The second-order valence-corrected chi connectivity index (χ2v) is 4.39. The number of nitrogens with one attached hydrogen (secondary N) is 1. The van der Waals surface area contributed by atoms with Gasteiger partial charge in [-0.25, -0.2) is 0 Å². The molecule has 0 aliphatic carbocycles. The summed E-state index contributed by atoms with van der Waals surface area (Å²) >= 11 is 0. The zero-order valence-electron chi connectivity index (χ0n) is 10.9. The second-order valence-electron chi connectivity index (χ2n) is 4.39. The zero-order chi connectivity index (χ0) is 13.8. The fourth-order valence-corrected chi connectivity index (χ4v) is 1.36. The number of phenolic OH excluding ortho intramolecular Hbond substituents is 1. The number of para-hydroxylation sites is 1. The Labute approximate surface area is 106 Å². The van der Waals surface area contributed by atoms with Crippen molar-refractivity contribution in [2.45, 2.75) is 25.9 Å². The van der Waals surface area contributed by atoms with E-state index in [0.29, 0.717) is 6.42 Å². The molecule has 0 radical (unpaired) electrons. The van der Waals surface area contributed by atoms with Crippen molar-refractivity contribution < 1.29 is 19.7 Å². The van der Waals surface area contributed by atoms with Crippen molar-refractivity contribution in [1.82, 2.24) is 5.32 Å². The monoisotopic (exact) mass is 253 g/mol. The SMILES string of the molecule is CCC(C)(O)CNC(=O)c1cccc(OC)c1O. The normalized spacial score (nSPS) is 13.8. The number of phenols is 1. The van der Waals surface area contributed by atoms with E-state index in [0.717, 1.165) is 0 Å². The van der Waals surface area contributed by atoms with Gasteiger partial charge in [0.1, 0.15) is 0 Å². The van der Waals surface area contributed by atoms with Gasteiger partial charge >= 0.3 is 0 Å². The first-order valence-electron chi connectivity index (χ1n) is 5.78. The van der Waals surface area contributed by atoms with E-state index in [9.17, 15) is 15.0 Å². The van der Waals surface area contributed by atoms with Crippen LogP contribution in [0.15, 0.2) is 18.2 Å². The van der Waals surface area contributed by atoms with Crippen LogP contribution in [0, 0.1) is 0 Å². The predicted molar refractivity (Wildman–Crippen MR) is 67.9 cm³/mol. The predicted octanol–water partition coefficient (Wildman–Crippen LogP) is 1.29. The first-order valence-corrected chi connectivity index (χ1v) is 5.78. The molecule has 100 valence electrons. The molecule has 0 fully saturated rings. The molecule has 5 nitrogen and oxygen atoms in total. The van der Waals surface area contributed by atoms with Crippen LogP contribution < -0.4 is 10.1 Å². The van der Waals surface area contributed by atoms with E-state index in [1.807, 2.05) is 6.92 Å².